The van der Waals surface area contributed by atoms with Crippen LogP contribution in [0.1, 0.15) is 19.8 Å². The molecule has 2 heterocycles. The van der Waals surface area contributed by atoms with E-state index < -0.39 is 5.97 Å². The number of benzene rings is 1. The van der Waals surface area contributed by atoms with E-state index in [9.17, 15) is 9.59 Å². The third kappa shape index (κ3) is 3.95. The van der Waals surface area contributed by atoms with Crippen LogP contribution in [-0.4, -0.2) is 40.5 Å². The molecule has 160 valence electrons. The SMILES string of the molecule is [C-]#[N+]C1CC(Nc2ccc3c(=O)c4ccc(Cl)c(SC)c4n(CC(=O)OCC)c3n2)C1. The van der Waals surface area contributed by atoms with Crippen LogP contribution in [0.5, 0.6) is 0 Å². The molecule has 1 aliphatic carbocycles. The lowest BCUT2D eigenvalue weighted by Crippen LogP contribution is -2.37. The summed E-state index contributed by atoms with van der Waals surface area (Å²) >= 11 is 7.83. The summed E-state index contributed by atoms with van der Waals surface area (Å²) in [5.74, 6) is 0.185. The molecule has 1 aromatic carbocycles. The molecule has 1 saturated carbocycles. The van der Waals surface area contributed by atoms with E-state index in [0.29, 0.717) is 37.7 Å². The first-order valence-electron chi connectivity index (χ1n) is 9.95. The van der Waals surface area contributed by atoms with E-state index in [1.54, 1.807) is 35.8 Å². The normalized spacial score (nSPS) is 17.9. The van der Waals surface area contributed by atoms with Crippen LogP contribution in [-0.2, 0) is 16.1 Å². The fourth-order valence-electron chi connectivity index (χ4n) is 3.86. The Morgan fingerprint density at radius 1 is 1.35 bits per heavy atom. The number of anilines is 1. The number of fused-ring (bicyclic) bond motifs is 2. The minimum absolute atomic E-state index is 0.0511. The Kier molecular flexibility index (Phi) is 6.08. The summed E-state index contributed by atoms with van der Waals surface area (Å²) in [6, 6.07) is 7.10. The molecular weight excluding hydrogens is 436 g/mol. The van der Waals surface area contributed by atoms with Crippen molar-refractivity contribution in [2.24, 2.45) is 0 Å². The molecule has 31 heavy (non-hydrogen) atoms. The van der Waals surface area contributed by atoms with Gasteiger partial charge in [0.05, 0.1) is 27.4 Å². The van der Waals surface area contributed by atoms with Crippen molar-refractivity contribution in [3.05, 3.63) is 50.9 Å². The highest BCUT2D eigenvalue weighted by Gasteiger charge is 2.34. The van der Waals surface area contributed by atoms with Gasteiger partial charge < -0.3 is 19.5 Å². The zero-order valence-electron chi connectivity index (χ0n) is 17.1. The number of hydrogen-bond acceptors (Lipinski definition) is 6. The van der Waals surface area contributed by atoms with Crippen molar-refractivity contribution >= 4 is 57.1 Å². The zero-order chi connectivity index (χ0) is 22.1. The summed E-state index contributed by atoms with van der Waals surface area (Å²) < 4.78 is 6.89. The van der Waals surface area contributed by atoms with Gasteiger partial charge in [-0.3, -0.25) is 9.59 Å². The second kappa shape index (κ2) is 8.77. The molecule has 7 nitrogen and oxygen atoms in total. The maximum absolute atomic E-state index is 13.2. The van der Waals surface area contributed by atoms with Gasteiger partial charge in [0.1, 0.15) is 18.0 Å². The van der Waals surface area contributed by atoms with Crippen molar-refractivity contribution in [1.82, 2.24) is 9.55 Å². The maximum Gasteiger partial charge on any atom is 0.326 e. The first-order chi connectivity index (χ1) is 15.0. The van der Waals surface area contributed by atoms with E-state index in [1.807, 2.05) is 6.26 Å². The first-order valence-corrected chi connectivity index (χ1v) is 11.6. The maximum atomic E-state index is 13.2. The van der Waals surface area contributed by atoms with Crippen molar-refractivity contribution in [2.75, 3.05) is 18.2 Å². The van der Waals surface area contributed by atoms with Crippen molar-refractivity contribution in [3.8, 4) is 0 Å². The van der Waals surface area contributed by atoms with Crippen LogP contribution in [0.3, 0.4) is 0 Å². The van der Waals surface area contributed by atoms with E-state index in [1.165, 1.54) is 11.8 Å². The highest BCUT2D eigenvalue weighted by Crippen LogP contribution is 2.34. The van der Waals surface area contributed by atoms with Gasteiger partial charge in [0, 0.05) is 24.3 Å². The summed E-state index contributed by atoms with van der Waals surface area (Å²) in [7, 11) is 0. The molecule has 0 bridgehead atoms. The fraction of sp³-hybridized carbons (Fsp3) is 0.364. The van der Waals surface area contributed by atoms with Gasteiger partial charge in [0.25, 0.3) is 0 Å². The molecule has 1 fully saturated rings. The summed E-state index contributed by atoms with van der Waals surface area (Å²) in [5.41, 5.74) is 0.814. The molecule has 9 heteroatoms. The molecule has 0 amide bonds. The third-order valence-corrected chi connectivity index (χ3v) is 6.67. The van der Waals surface area contributed by atoms with E-state index in [4.69, 9.17) is 27.9 Å². The molecule has 2 aromatic heterocycles. The summed E-state index contributed by atoms with van der Waals surface area (Å²) in [6.45, 7) is 9.03. The number of nitrogens with zero attached hydrogens (tertiary/aromatic N) is 3. The number of rotatable bonds is 6. The van der Waals surface area contributed by atoms with E-state index >= 15 is 0 Å². The lowest BCUT2D eigenvalue weighted by Gasteiger charge is -2.28. The number of pyridine rings is 2. The van der Waals surface area contributed by atoms with E-state index in [2.05, 4.69) is 10.2 Å². The van der Waals surface area contributed by atoms with E-state index in [-0.39, 0.29) is 30.7 Å². The highest BCUT2D eigenvalue weighted by atomic mass is 35.5. The fourth-order valence-corrected chi connectivity index (χ4v) is 4.93. The predicted octanol–water partition coefficient (Wildman–Crippen LogP) is 4.35. The largest absolute Gasteiger partial charge is 0.465 e. The Bertz CT molecular complexity index is 1280. The average molecular weight is 457 g/mol. The molecule has 0 aliphatic heterocycles. The van der Waals surface area contributed by atoms with Crippen LogP contribution < -0.4 is 10.7 Å². The second-order valence-corrected chi connectivity index (χ2v) is 8.58. The molecule has 0 radical (unpaired) electrons. The number of esters is 1. The van der Waals surface area contributed by atoms with Gasteiger partial charge in [-0.1, -0.05) is 11.6 Å². The van der Waals surface area contributed by atoms with Gasteiger partial charge in [-0.2, -0.15) is 0 Å². The van der Waals surface area contributed by atoms with Crippen LogP contribution in [0.25, 0.3) is 26.8 Å². The number of ether oxygens (including phenoxy) is 1. The number of hydrogen-bond donors (Lipinski definition) is 1. The van der Waals surface area contributed by atoms with Gasteiger partial charge in [-0.05, 0) is 37.4 Å². The van der Waals surface area contributed by atoms with Crippen LogP contribution >= 0.6 is 23.4 Å². The second-order valence-electron chi connectivity index (χ2n) is 7.36. The lowest BCUT2D eigenvalue weighted by atomic mass is 9.87. The molecule has 1 aliphatic rings. The summed E-state index contributed by atoms with van der Waals surface area (Å²) in [4.78, 5) is 34.6. The number of nitrogens with one attached hydrogen (secondary N) is 1. The van der Waals surface area contributed by atoms with Crippen LogP contribution in [0, 0.1) is 6.57 Å². The Morgan fingerprint density at radius 2 is 2.10 bits per heavy atom. The number of carbonyl (C=O) groups is 1. The van der Waals surface area contributed by atoms with Gasteiger partial charge in [0.2, 0.25) is 6.04 Å². The van der Waals surface area contributed by atoms with Gasteiger partial charge in [-0.25, -0.2) is 11.6 Å². The highest BCUT2D eigenvalue weighted by molar-refractivity contribution is 7.99. The minimum Gasteiger partial charge on any atom is -0.465 e. The van der Waals surface area contributed by atoms with Crippen LogP contribution in [0.4, 0.5) is 5.82 Å². The van der Waals surface area contributed by atoms with Crippen molar-refractivity contribution in [3.63, 3.8) is 0 Å². The number of aromatic nitrogens is 2. The lowest BCUT2D eigenvalue weighted by molar-refractivity contribution is -0.143. The van der Waals surface area contributed by atoms with Gasteiger partial charge in [-0.15, -0.1) is 11.8 Å². The Morgan fingerprint density at radius 3 is 2.77 bits per heavy atom. The smallest absolute Gasteiger partial charge is 0.326 e. The molecule has 0 atom stereocenters. The van der Waals surface area contributed by atoms with Crippen molar-refractivity contribution < 1.29 is 9.53 Å². The molecule has 1 N–H and O–H groups in total. The number of carbonyl (C=O) groups excluding carboxylic acids is 1. The van der Waals surface area contributed by atoms with Crippen molar-refractivity contribution in [2.45, 2.75) is 43.3 Å². The molecule has 0 saturated heterocycles. The molecule has 0 spiro atoms. The van der Waals surface area contributed by atoms with Crippen LogP contribution in [0.15, 0.2) is 34.0 Å². The summed E-state index contributed by atoms with van der Waals surface area (Å²) in [5, 5.41) is 4.74. The number of thioether (sulfide) groups is 1. The van der Waals surface area contributed by atoms with E-state index in [0.717, 1.165) is 12.8 Å². The zero-order valence-corrected chi connectivity index (χ0v) is 18.7. The molecule has 0 unspecified atom stereocenters. The third-order valence-electron chi connectivity index (χ3n) is 5.42. The molecule has 4 rings (SSSR count). The topological polar surface area (TPSA) is 77.6 Å². The first kappa shape index (κ1) is 21.5. The van der Waals surface area contributed by atoms with Crippen LogP contribution in [0.2, 0.25) is 5.02 Å². The predicted molar refractivity (Wildman–Crippen MR) is 124 cm³/mol. The molecular formula is C22H21ClN4O3S. The number of halogens is 1. The Labute approximate surface area is 188 Å². The quantitative estimate of drug-likeness (QED) is 0.257. The van der Waals surface area contributed by atoms with Crippen molar-refractivity contribution in [1.29, 1.82) is 0 Å². The molecule has 3 aromatic rings. The van der Waals surface area contributed by atoms with Gasteiger partial charge in [0.15, 0.2) is 5.43 Å². The van der Waals surface area contributed by atoms with Gasteiger partial charge >= 0.3 is 5.97 Å². The summed E-state index contributed by atoms with van der Waals surface area (Å²) in [6.07, 6.45) is 3.41. The minimum atomic E-state index is -0.417. The monoisotopic (exact) mass is 456 g/mol. The standard InChI is InChI=1S/C22H21ClN4O3S/c1-4-30-18(28)11-27-19-14(5-7-16(23)21(19)31-3)20(29)15-6-8-17(26-22(15)27)25-13-9-12(10-13)24-2/h5-8,12-13H,4,9-11H2,1,3H3,(H,25,26). The Balaban J connectivity index is 1.92. The Hall–Kier alpha value is -2.76. The average Bonchev–Trinajstić information content (AvgIpc) is 2.73.